The molecule has 1 aliphatic rings. The van der Waals surface area contributed by atoms with Crippen LogP contribution in [0.3, 0.4) is 0 Å². The third-order valence-electron chi connectivity index (χ3n) is 2.80. The first-order valence-corrected chi connectivity index (χ1v) is 5.80. The Morgan fingerprint density at radius 1 is 1.00 bits per heavy atom. The van der Waals surface area contributed by atoms with Crippen molar-refractivity contribution in [2.45, 2.75) is 38.2 Å². The summed E-state index contributed by atoms with van der Waals surface area (Å²) >= 11 is 0. The summed E-state index contributed by atoms with van der Waals surface area (Å²) in [6.07, 6.45) is 5.92. The molecule has 0 saturated heterocycles. The molecule has 0 radical (unpaired) electrons. The van der Waals surface area contributed by atoms with E-state index in [2.05, 4.69) is 15.4 Å². The SMILES string of the molecule is OC1CCCCC1.c1ccc2n[nH]nc2c1. The van der Waals surface area contributed by atoms with Gasteiger partial charge >= 0.3 is 0 Å². The monoisotopic (exact) mass is 219 g/mol. The zero-order valence-corrected chi connectivity index (χ0v) is 9.26. The van der Waals surface area contributed by atoms with Crippen LogP contribution in [-0.2, 0) is 0 Å². The van der Waals surface area contributed by atoms with Gasteiger partial charge in [0.05, 0.1) is 6.10 Å². The van der Waals surface area contributed by atoms with E-state index in [1.807, 2.05) is 24.3 Å². The van der Waals surface area contributed by atoms with Gasteiger partial charge in [-0.1, -0.05) is 31.4 Å². The summed E-state index contributed by atoms with van der Waals surface area (Å²) in [6, 6.07) is 7.70. The highest BCUT2D eigenvalue weighted by Gasteiger charge is 2.07. The Hall–Kier alpha value is -1.42. The lowest BCUT2D eigenvalue weighted by molar-refractivity contribution is 0.130. The number of rotatable bonds is 0. The van der Waals surface area contributed by atoms with Gasteiger partial charge in [-0.2, -0.15) is 15.4 Å². The topological polar surface area (TPSA) is 61.8 Å². The standard InChI is InChI=1S/C6H5N3.C6H12O/c1-2-4-6-5(3-1)7-9-8-6;7-6-4-2-1-3-5-6/h1-4H,(H,7,8,9);6-7H,1-5H2. The van der Waals surface area contributed by atoms with Crippen LogP contribution < -0.4 is 0 Å². The Kier molecular flexibility index (Phi) is 3.88. The van der Waals surface area contributed by atoms with E-state index in [1.165, 1.54) is 19.3 Å². The third-order valence-corrected chi connectivity index (χ3v) is 2.80. The number of hydrogen-bond donors (Lipinski definition) is 2. The fraction of sp³-hybridized carbons (Fsp3) is 0.500. The number of benzene rings is 1. The summed E-state index contributed by atoms with van der Waals surface area (Å²) < 4.78 is 0. The maximum Gasteiger partial charge on any atom is 0.112 e. The van der Waals surface area contributed by atoms with Crippen LogP contribution in [0.4, 0.5) is 0 Å². The van der Waals surface area contributed by atoms with E-state index in [0.29, 0.717) is 0 Å². The maximum absolute atomic E-state index is 8.91. The van der Waals surface area contributed by atoms with E-state index in [-0.39, 0.29) is 6.10 Å². The molecule has 1 saturated carbocycles. The van der Waals surface area contributed by atoms with E-state index in [9.17, 15) is 0 Å². The average molecular weight is 219 g/mol. The summed E-state index contributed by atoms with van der Waals surface area (Å²) in [5.41, 5.74) is 1.83. The summed E-state index contributed by atoms with van der Waals surface area (Å²) in [5.74, 6) is 0. The van der Waals surface area contributed by atoms with Crippen molar-refractivity contribution in [2.24, 2.45) is 0 Å². The zero-order valence-electron chi connectivity index (χ0n) is 9.26. The first-order valence-electron chi connectivity index (χ1n) is 5.80. The van der Waals surface area contributed by atoms with E-state index in [0.717, 1.165) is 23.9 Å². The zero-order chi connectivity index (χ0) is 11.2. The number of nitrogens with one attached hydrogen (secondary N) is 1. The smallest absolute Gasteiger partial charge is 0.112 e. The number of aliphatic hydroxyl groups is 1. The van der Waals surface area contributed by atoms with Crippen molar-refractivity contribution >= 4 is 11.0 Å². The van der Waals surface area contributed by atoms with E-state index in [4.69, 9.17) is 5.11 Å². The number of para-hydroxylation sites is 2. The quantitative estimate of drug-likeness (QED) is 0.714. The van der Waals surface area contributed by atoms with Crippen LogP contribution in [0.25, 0.3) is 11.0 Å². The molecule has 0 atom stereocenters. The van der Waals surface area contributed by atoms with Crippen LogP contribution in [-0.4, -0.2) is 26.6 Å². The number of aliphatic hydroxyl groups excluding tert-OH is 1. The Morgan fingerprint density at radius 2 is 1.56 bits per heavy atom. The fourth-order valence-corrected chi connectivity index (χ4v) is 1.87. The Morgan fingerprint density at radius 3 is 2.00 bits per heavy atom. The predicted molar refractivity (Wildman–Crippen MR) is 63.0 cm³/mol. The molecule has 86 valence electrons. The lowest BCUT2D eigenvalue weighted by Gasteiger charge is -2.14. The van der Waals surface area contributed by atoms with Crippen molar-refractivity contribution in [3.8, 4) is 0 Å². The molecule has 0 amide bonds. The first kappa shape index (κ1) is 11.1. The van der Waals surface area contributed by atoms with Gasteiger partial charge in [0.2, 0.25) is 0 Å². The second-order valence-corrected chi connectivity index (χ2v) is 4.10. The molecule has 0 bridgehead atoms. The summed E-state index contributed by atoms with van der Waals surface area (Å²) in [7, 11) is 0. The van der Waals surface area contributed by atoms with E-state index in [1.54, 1.807) is 0 Å². The number of hydrogen-bond acceptors (Lipinski definition) is 3. The molecule has 1 fully saturated rings. The molecule has 3 rings (SSSR count). The van der Waals surface area contributed by atoms with Gasteiger partial charge in [0.15, 0.2) is 0 Å². The molecule has 4 heteroatoms. The minimum Gasteiger partial charge on any atom is -0.393 e. The molecule has 4 nitrogen and oxygen atoms in total. The minimum absolute atomic E-state index is 0.0359. The van der Waals surface area contributed by atoms with Crippen LogP contribution in [0.2, 0.25) is 0 Å². The van der Waals surface area contributed by atoms with Gasteiger partial charge in [-0.3, -0.25) is 0 Å². The van der Waals surface area contributed by atoms with Crippen molar-refractivity contribution < 1.29 is 5.11 Å². The van der Waals surface area contributed by atoms with Crippen molar-refractivity contribution in [1.29, 1.82) is 0 Å². The number of H-pyrrole nitrogens is 1. The Balaban J connectivity index is 0.000000125. The molecule has 1 aromatic carbocycles. The van der Waals surface area contributed by atoms with Gasteiger partial charge in [-0.25, -0.2) is 0 Å². The molecule has 0 unspecified atom stereocenters. The van der Waals surface area contributed by atoms with Gasteiger partial charge in [0.25, 0.3) is 0 Å². The minimum atomic E-state index is 0.0359. The molecule has 0 aliphatic heterocycles. The number of aromatic nitrogens is 3. The van der Waals surface area contributed by atoms with Crippen LogP contribution in [0.1, 0.15) is 32.1 Å². The van der Waals surface area contributed by atoms with Gasteiger partial charge in [0, 0.05) is 0 Å². The normalized spacial score (nSPS) is 16.8. The molecule has 2 aromatic rings. The molecule has 16 heavy (non-hydrogen) atoms. The highest BCUT2D eigenvalue weighted by Crippen LogP contribution is 2.16. The van der Waals surface area contributed by atoms with E-state index < -0.39 is 0 Å². The van der Waals surface area contributed by atoms with Crippen molar-refractivity contribution in [2.75, 3.05) is 0 Å². The van der Waals surface area contributed by atoms with Crippen LogP contribution >= 0.6 is 0 Å². The molecule has 1 heterocycles. The molecular weight excluding hydrogens is 202 g/mol. The van der Waals surface area contributed by atoms with Gasteiger partial charge in [0.1, 0.15) is 11.0 Å². The van der Waals surface area contributed by atoms with Gasteiger partial charge in [-0.15, -0.1) is 0 Å². The summed E-state index contributed by atoms with van der Waals surface area (Å²) in [5, 5.41) is 19.2. The highest BCUT2D eigenvalue weighted by atomic mass is 16.3. The first-order chi connectivity index (χ1) is 7.86. The lowest BCUT2D eigenvalue weighted by atomic mass is 9.98. The predicted octanol–water partition coefficient (Wildman–Crippen LogP) is 2.27. The van der Waals surface area contributed by atoms with E-state index >= 15 is 0 Å². The number of fused-ring (bicyclic) bond motifs is 1. The van der Waals surface area contributed by atoms with Crippen molar-refractivity contribution in [3.63, 3.8) is 0 Å². The highest BCUT2D eigenvalue weighted by molar-refractivity contribution is 5.72. The lowest BCUT2D eigenvalue weighted by Crippen LogP contribution is -2.09. The Labute approximate surface area is 94.7 Å². The van der Waals surface area contributed by atoms with Crippen LogP contribution in [0.5, 0.6) is 0 Å². The number of aromatic amines is 1. The van der Waals surface area contributed by atoms with Crippen molar-refractivity contribution in [1.82, 2.24) is 15.4 Å². The summed E-state index contributed by atoms with van der Waals surface area (Å²) in [6.45, 7) is 0. The number of nitrogens with zero attached hydrogens (tertiary/aromatic N) is 2. The molecule has 1 aliphatic carbocycles. The Bertz CT molecular complexity index is 391. The molecule has 2 N–H and O–H groups in total. The summed E-state index contributed by atoms with van der Waals surface area (Å²) in [4.78, 5) is 0. The largest absolute Gasteiger partial charge is 0.393 e. The van der Waals surface area contributed by atoms with Gasteiger partial charge in [-0.05, 0) is 25.0 Å². The second kappa shape index (κ2) is 5.61. The fourth-order valence-electron chi connectivity index (χ4n) is 1.87. The third kappa shape index (κ3) is 3.03. The molecular formula is C12H17N3O. The second-order valence-electron chi connectivity index (χ2n) is 4.10. The molecule has 0 spiro atoms. The van der Waals surface area contributed by atoms with Crippen molar-refractivity contribution in [3.05, 3.63) is 24.3 Å². The van der Waals surface area contributed by atoms with Crippen LogP contribution in [0.15, 0.2) is 24.3 Å². The average Bonchev–Trinajstić information content (AvgIpc) is 2.79. The molecule has 1 aromatic heterocycles. The maximum atomic E-state index is 8.91. The van der Waals surface area contributed by atoms with Gasteiger partial charge < -0.3 is 5.11 Å². The van der Waals surface area contributed by atoms with Crippen LogP contribution in [0, 0.1) is 0 Å².